The Bertz CT molecular complexity index is 467. The van der Waals surface area contributed by atoms with Gasteiger partial charge in [0.2, 0.25) is 0 Å². The van der Waals surface area contributed by atoms with Crippen molar-refractivity contribution in [3.8, 4) is 0 Å². The van der Waals surface area contributed by atoms with E-state index >= 15 is 0 Å². The van der Waals surface area contributed by atoms with E-state index in [-0.39, 0.29) is 12.1 Å². The van der Waals surface area contributed by atoms with Gasteiger partial charge >= 0.3 is 0 Å². The van der Waals surface area contributed by atoms with E-state index in [0.717, 1.165) is 10.3 Å². The van der Waals surface area contributed by atoms with Gasteiger partial charge in [0.05, 0.1) is 6.04 Å². The van der Waals surface area contributed by atoms with E-state index in [9.17, 15) is 0 Å². The molecule has 0 bridgehead atoms. The zero-order valence-electron chi connectivity index (χ0n) is 9.94. The molecule has 3 nitrogen and oxygen atoms in total. The van der Waals surface area contributed by atoms with Crippen LogP contribution in [-0.2, 0) is 0 Å². The van der Waals surface area contributed by atoms with Crippen molar-refractivity contribution < 1.29 is 0 Å². The first-order valence-corrected chi connectivity index (χ1v) is 6.47. The van der Waals surface area contributed by atoms with E-state index in [4.69, 9.17) is 0 Å². The van der Waals surface area contributed by atoms with Crippen LogP contribution in [0.3, 0.4) is 0 Å². The Balaban J connectivity index is 2.07. The quantitative estimate of drug-likeness (QED) is 0.904. The van der Waals surface area contributed by atoms with E-state index in [0.29, 0.717) is 0 Å². The van der Waals surface area contributed by atoms with Crippen LogP contribution in [0.5, 0.6) is 0 Å². The molecule has 2 N–H and O–H groups in total. The SMILES string of the molecule is C[C@@H](N[C@H](C)c1ccccc1Br)c1ncc[nH]1. The number of hydrogen-bond donors (Lipinski definition) is 2. The average Bonchev–Trinajstić information content (AvgIpc) is 2.82. The fraction of sp³-hybridized carbons (Fsp3) is 0.308. The fourth-order valence-electron chi connectivity index (χ4n) is 1.88. The minimum atomic E-state index is 0.201. The maximum absolute atomic E-state index is 4.26. The van der Waals surface area contributed by atoms with Crippen LogP contribution in [0.2, 0.25) is 0 Å². The Morgan fingerprint density at radius 3 is 2.65 bits per heavy atom. The van der Waals surface area contributed by atoms with Gasteiger partial charge in [0.1, 0.15) is 5.82 Å². The summed E-state index contributed by atoms with van der Waals surface area (Å²) >= 11 is 3.57. The largest absolute Gasteiger partial charge is 0.347 e. The summed E-state index contributed by atoms with van der Waals surface area (Å²) in [5.41, 5.74) is 1.26. The molecule has 0 aliphatic heterocycles. The van der Waals surface area contributed by atoms with Crippen molar-refractivity contribution >= 4 is 15.9 Å². The molecule has 0 saturated heterocycles. The molecular formula is C13H16BrN3. The molecule has 1 aromatic heterocycles. The fourth-order valence-corrected chi connectivity index (χ4v) is 2.51. The summed E-state index contributed by atoms with van der Waals surface area (Å²) < 4.78 is 1.13. The molecule has 2 aromatic rings. The Kier molecular flexibility index (Phi) is 3.97. The molecule has 0 saturated carbocycles. The zero-order chi connectivity index (χ0) is 12.3. The standard InChI is InChI=1S/C13H16BrN3/c1-9(11-5-3-4-6-12(11)14)17-10(2)13-15-7-8-16-13/h3-10,17H,1-2H3,(H,15,16)/t9-,10-/m1/s1. The zero-order valence-corrected chi connectivity index (χ0v) is 11.5. The van der Waals surface area contributed by atoms with Crippen LogP contribution in [0, 0.1) is 0 Å². The van der Waals surface area contributed by atoms with Gasteiger partial charge in [-0.15, -0.1) is 0 Å². The Labute approximate surface area is 110 Å². The molecule has 90 valence electrons. The van der Waals surface area contributed by atoms with Crippen LogP contribution < -0.4 is 5.32 Å². The van der Waals surface area contributed by atoms with Crippen LogP contribution >= 0.6 is 15.9 Å². The van der Waals surface area contributed by atoms with Crippen molar-refractivity contribution in [2.24, 2.45) is 0 Å². The summed E-state index contributed by atoms with van der Waals surface area (Å²) in [6, 6.07) is 8.73. The summed E-state index contributed by atoms with van der Waals surface area (Å²) in [5.74, 6) is 0.962. The second-order valence-electron chi connectivity index (χ2n) is 4.11. The van der Waals surface area contributed by atoms with Gasteiger partial charge in [-0.3, -0.25) is 0 Å². The molecule has 0 unspecified atom stereocenters. The maximum atomic E-state index is 4.26. The van der Waals surface area contributed by atoms with Crippen molar-refractivity contribution in [3.63, 3.8) is 0 Å². The molecule has 0 spiro atoms. The molecule has 0 aliphatic carbocycles. The average molecular weight is 294 g/mol. The highest BCUT2D eigenvalue weighted by Gasteiger charge is 2.14. The second kappa shape index (κ2) is 5.47. The summed E-state index contributed by atoms with van der Waals surface area (Å²) in [6.45, 7) is 4.26. The lowest BCUT2D eigenvalue weighted by Gasteiger charge is -2.20. The van der Waals surface area contributed by atoms with Gasteiger partial charge in [0.25, 0.3) is 0 Å². The first-order valence-electron chi connectivity index (χ1n) is 5.68. The summed E-state index contributed by atoms with van der Waals surface area (Å²) in [5, 5.41) is 3.52. The number of aromatic amines is 1. The van der Waals surface area contributed by atoms with E-state index < -0.39 is 0 Å². The predicted octanol–water partition coefficient (Wildman–Crippen LogP) is 3.58. The Morgan fingerprint density at radius 1 is 1.24 bits per heavy atom. The minimum Gasteiger partial charge on any atom is -0.347 e. The second-order valence-corrected chi connectivity index (χ2v) is 4.96. The first-order chi connectivity index (χ1) is 8.18. The summed E-state index contributed by atoms with van der Waals surface area (Å²) in [7, 11) is 0. The number of hydrogen-bond acceptors (Lipinski definition) is 2. The lowest BCUT2D eigenvalue weighted by molar-refractivity contribution is 0.478. The molecule has 0 aliphatic rings. The lowest BCUT2D eigenvalue weighted by atomic mass is 10.1. The topological polar surface area (TPSA) is 40.7 Å². The van der Waals surface area contributed by atoms with Crippen molar-refractivity contribution in [1.29, 1.82) is 0 Å². The van der Waals surface area contributed by atoms with Gasteiger partial charge in [-0.1, -0.05) is 34.1 Å². The number of aromatic nitrogens is 2. The van der Waals surface area contributed by atoms with Crippen LogP contribution in [-0.4, -0.2) is 9.97 Å². The highest BCUT2D eigenvalue weighted by atomic mass is 79.9. The van der Waals surface area contributed by atoms with Crippen LogP contribution in [0.1, 0.15) is 37.3 Å². The molecule has 0 radical (unpaired) electrons. The van der Waals surface area contributed by atoms with Gasteiger partial charge in [0.15, 0.2) is 0 Å². The maximum Gasteiger partial charge on any atom is 0.122 e. The van der Waals surface area contributed by atoms with E-state index in [2.05, 4.69) is 63.3 Å². The molecule has 4 heteroatoms. The number of nitrogens with one attached hydrogen (secondary N) is 2. The smallest absolute Gasteiger partial charge is 0.122 e. The van der Waals surface area contributed by atoms with Gasteiger partial charge in [0, 0.05) is 22.9 Å². The third-order valence-corrected chi connectivity index (χ3v) is 3.52. The molecule has 0 fully saturated rings. The third-order valence-electron chi connectivity index (χ3n) is 2.80. The molecule has 1 aromatic carbocycles. The van der Waals surface area contributed by atoms with Crippen LogP contribution in [0.25, 0.3) is 0 Å². The van der Waals surface area contributed by atoms with Crippen molar-refractivity contribution in [2.45, 2.75) is 25.9 Å². The van der Waals surface area contributed by atoms with E-state index in [1.165, 1.54) is 5.56 Å². The minimum absolute atomic E-state index is 0.201. The molecule has 2 atom stereocenters. The van der Waals surface area contributed by atoms with Gasteiger partial charge in [-0.2, -0.15) is 0 Å². The summed E-state index contributed by atoms with van der Waals surface area (Å²) in [6.07, 6.45) is 3.62. The number of benzene rings is 1. The number of halogens is 1. The van der Waals surface area contributed by atoms with E-state index in [1.54, 1.807) is 6.20 Å². The highest BCUT2D eigenvalue weighted by Crippen LogP contribution is 2.24. The molecule has 0 amide bonds. The molecular weight excluding hydrogens is 278 g/mol. The van der Waals surface area contributed by atoms with Crippen LogP contribution in [0.15, 0.2) is 41.1 Å². The van der Waals surface area contributed by atoms with Crippen molar-refractivity contribution in [2.75, 3.05) is 0 Å². The summed E-state index contributed by atoms with van der Waals surface area (Å²) in [4.78, 5) is 7.38. The lowest BCUT2D eigenvalue weighted by Crippen LogP contribution is -2.23. The molecule has 1 heterocycles. The van der Waals surface area contributed by atoms with Crippen molar-refractivity contribution in [3.05, 3.63) is 52.5 Å². The van der Waals surface area contributed by atoms with Crippen molar-refractivity contribution in [1.82, 2.24) is 15.3 Å². The normalized spacial score (nSPS) is 14.5. The van der Waals surface area contributed by atoms with Gasteiger partial charge < -0.3 is 10.3 Å². The number of H-pyrrole nitrogens is 1. The Morgan fingerprint density at radius 2 is 2.00 bits per heavy atom. The van der Waals surface area contributed by atoms with Gasteiger partial charge in [-0.25, -0.2) is 4.98 Å². The monoisotopic (exact) mass is 293 g/mol. The number of imidazole rings is 1. The first kappa shape index (κ1) is 12.3. The Hall–Kier alpha value is -1.13. The van der Waals surface area contributed by atoms with E-state index in [1.807, 2.05) is 12.3 Å². The molecule has 2 rings (SSSR count). The predicted molar refractivity (Wildman–Crippen MR) is 72.7 cm³/mol. The number of rotatable bonds is 4. The number of nitrogens with zero attached hydrogens (tertiary/aromatic N) is 1. The van der Waals surface area contributed by atoms with Crippen LogP contribution in [0.4, 0.5) is 0 Å². The highest BCUT2D eigenvalue weighted by molar-refractivity contribution is 9.10. The molecule has 17 heavy (non-hydrogen) atoms. The third kappa shape index (κ3) is 2.96. The van der Waals surface area contributed by atoms with Gasteiger partial charge in [-0.05, 0) is 25.5 Å².